The third kappa shape index (κ3) is 6.06. The molecule has 0 N–H and O–H groups in total. The minimum absolute atomic E-state index is 0.116. The van der Waals surface area contributed by atoms with E-state index in [9.17, 15) is 9.59 Å². The first-order chi connectivity index (χ1) is 11.7. The number of hydrogen-bond donors (Lipinski definition) is 0. The van der Waals surface area contributed by atoms with Crippen molar-refractivity contribution in [2.75, 3.05) is 39.3 Å². The molecule has 2 aliphatic rings. The molecule has 2 fully saturated rings. The fourth-order valence-corrected chi connectivity index (χ4v) is 3.12. The summed E-state index contributed by atoms with van der Waals surface area (Å²) in [4.78, 5) is 30.2. The van der Waals surface area contributed by atoms with E-state index in [-0.39, 0.29) is 18.3 Å². The first-order valence-corrected chi connectivity index (χ1v) is 9.33. The summed E-state index contributed by atoms with van der Waals surface area (Å²) in [5, 5.41) is 0. The van der Waals surface area contributed by atoms with Crippen molar-refractivity contribution in [3.8, 4) is 0 Å². The van der Waals surface area contributed by atoms with E-state index >= 15 is 0 Å². The number of nitrogens with zero attached hydrogens (tertiary/aromatic N) is 3. The van der Waals surface area contributed by atoms with Crippen molar-refractivity contribution in [3.63, 3.8) is 0 Å². The number of piperazine rings is 1. The zero-order valence-corrected chi connectivity index (χ0v) is 16.3. The smallest absolute Gasteiger partial charge is 0.410 e. The van der Waals surface area contributed by atoms with Crippen LogP contribution in [0.4, 0.5) is 9.59 Å². The molecule has 25 heavy (non-hydrogen) atoms. The predicted molar refractivity (Wildman–Crippen MR) is 95.6 cm³/mol. The highest BCUT2D eigenvalue weighted by molar-refractivity contribution is 5.69. The lowest BCUT2D eigenvalue weighted by Crippen LogP contribution is -2.51. The zero-order chi connectivity index (χ0) is 18.6. The lowest BCUT2D eigenvalue weighted by atomic mass is 10.1. The van der Waals surface area contributed by atoms with E-state index in [2.05, 4.69) is 18.7 Å². The van der Waals surface area contributed by atoms with Crippen LogP contribution in [0.15, 0.2) is 0 Å². The normalized spacial score (nSPS) is 20.7. The maximum atomic E-state index is 12.3. The van der Waals surface area contributed by atoms with Crippen molar-refractivity contribution in [3.05, 3.63) is 0 Å². The number of likely N-dealkylation sites (tertiary alicyclic amines) is 1. The fourth-order valence-electron chi connectivity index (χ4n) is 3.12. The van der Waals surface area contributed by atoms with Crippen LogP contribution >= 0.6 is 0 Å². The van der Waals surface area contributed by atoms with Gasteiger partial charge < -0.3 is 19.3 Å². The third-order valence-corrected chi connectivity index (χ3v) is 4.66. The Morgan fingerprint density at radius 2 is 1.40 bits per heavy atom. The number of rotatable bonds is 2. The Balaban J connectivity index is 1.71. The summed E-state index contributed by atoms with van der Waals surface area (Å²) in [6, 6.07) is 0.510. The molecule has 0 aromatic heterocycles. The lowest BCUT2D eigenvalue weighted by Gasteiger charge is -2.38. The van der Waals surface area contributed by atoms with Gasteiger partial charge in [-0.1, -0.05) is 0 Å². The van der Waals surface area contributed by atoms with Crippen LogP contribution in [0, 0.1) is 0 Å². The van der Waals surface area contributed by atoms with Gasteiger partial charge in [-0.3, -0.25) is 4.90 Å². The Labute approximate surface area is 151 Å². The molecular formula is C18H33N3O4. The van der Waals surface area contributed by atoms with Gasteiger partial charge in [0, 0.05) is 58.2 Å². The maximum absolute atomic E-state index is 12.3. The van der Waals surface area contributed by atoms with Crippen molar-refractivity contribution < 1.29 is 19.1 Å². The molecule has 7 nitrogen and oxygen atoms in total. The van der Waals surface area contributed by atoms with Crippen LogP contribution in [0.2, 0.25) is 0 Å². The molecule has 2 rings (SSSR count). The molecule has 0 aromatic carbocycles. The van der Waals surface area contributed by atoms with Gasteiger partial charge in [0.25, 0.3) is 0 Å². The lowest BCUT2D eigenvalue weighted by molar-refractivity contribution is -0.00247. The average Bonchev–Trinajstić information content (AvgIpc) is 2.54. The van der Waals surface area contributed by atoms with Crippen LogP contribution in [0.3, 0.4) is 0 Å². The van der Waals surface area contributed by atoms with E-state index in [0.717, 1.165) is 13.1 Å². The highest BCUT2D eigenvalue weighted by atomic mass is 16.6. The van der Waals surface area contributed by atoms with E-state index in [0.29, 0.717) is 45.1 Å². The molecule has 2 saturated heterocycles. The second-order valence-electron chi connectivity index (χ2n) is 8.17. The Kier molecular flexibility index (Phi) is 6.54. The van der Waals surface area contributed by atoms with Gasteiger partial charge in [-0.25, -0.2) is 9.59 Å². The first-order valence-electron chi connectivity index (χ1n) is 9.33. The van der Waals surface area contributed by atoms with E-state index in [1.165, 1.54) is 0 Å². The summed E-state index contributed by atoms with van der Waals surface area (Å²) in [5.41, 5.74) is -0.488. The van der Waals surface area contributed by atoms with Gasteiger partial charge in [0.1, 0.15) is 11.7 Å². The molecule has 2 amide bonds. The number of hydrogen-bond acceptors (Lipinski definition) is 5. The molecule has 2 heterocycles. The second kappa shape index (κ2) is 8.25. The number of amides is 2. The van der Waals surface area contributed by atoms with E-state index < -0.39 is 5.60 Å². The van der Waals surface area contributed by atoms with Crippen molar-refractivity contribution in [1.82, 2.24) is 14.7 Å². The van der Waals surface area contributed by atoms with Crippen LogP contribution < -0.4 is 0 Å². The van der Waals surface area contributed by atoms with Gasteiger partial charge in [-0.2, -0.15) is 0 Å². The van der Waals surface area contributed by atoms with Gasteiger partial charge in [-0.05, 0) is 34.6 Å². The Morgan fingerprint density at radius 1 is 0.880 bits per heavy atom. The minimum atomic E-state index is -0.488. The topological polar surface area (TPSA) is 62.3 Å². The molecule has 2 aliphatic heterocycles. The minimum Gasteiger partial charge on any atom is -0.446 e. The van der Waals surface area contributed by atoms with Crippen molar-refractivity contribution in [2.24, 2.45) is 0 Å². The maximum Gasteiger partial charge on any atom is 0.410 e. The quantitative estimate of drug-likeness (QED) is 0.762. The predicted octanol–water partition coefficient (Wildman–Crippen LogP) is 2.55. The molecule has 0 spiro atoms. The van der Waals surface area contributed by atoms with E-state index in [4.69, 9.17) is 9.47 Å². The zero-order valence-electron chi connectivity index (χ0n) is 16.3. The summed E-state index contributed by atoms with van der Waals surface area (Å²) in [6.07, 6.45) is 0.698. The molecule has 0 unspecified atom stereocenters. The molecule has 144 valence electrons. The van der Waals surface area contributed by atoms with Gasteiger partial charge in [0.2, 0.25) is 0 Å². The first kappa shape index (κ1) is 19.8. The van der Waals surface area contributed by atoms with Gasteiger partial charge in [-0.15, -0.1) is 0 Å². The molecule has 0 aliphatic carbocycles. The van der Waals surface area contributed by atoms with Crippen molar-refractivity contribution in [1.29, 1.82) is 0 Å². The molecule has 0 aromatic rings. The summed E-state index contributed by atoms with van der Waals surface area (Å²) < 4.78 is 11.0. The average molecular weight is 355 g/mol. The largest absolute Gasteiger partial charge is 0.446 e. The Morgan fingerprint density at radius 3 is 1.88 bits per heavy atom. The van der Waals surface area contributed by atoms with Crippen LogP contribution in [0.25, 0.3) is 0 Å². The summed E-state index contributed by atoms with van der Waals surface area (Å²) >= 11 is 0. The van der Waals surface area contributed by atoms with Crippen molar-refractivity contribution >= 4 is 12.2 Å². The van der Waals surface area contributed by atoms with Crippen LogP contribution in [-0.4, -0.2) is 83.9 Å². The highest BCUT2D eigenvalue weighted by Gasteiger charge is 2.30. The van der Waals surface area contributed by atoms with Gasteiger partial charge in [0.15, 0.2) is 0 Å². The van der Waals surface area contributed by atoms with Crippen LogP contribution in [0.5, 0.6) is 0 Å². The second-order valence-corrected chi connectivity index (χ2v) is 8.17. The number of piperidine rings is 1. The fraction of sp³-hybridized carbons (Fsp3) is 0.889. The number of ether oxygens (including phenoxy) is 2. The molecule has 0 atom stereocenters. The van der Waals surface area contributed by atoms with E-state index in [1.54, 1.807) is 9.80 Å². The molecule has 0 radical (unpaired) electrons. The SMILES string of the molecule is CC(C)N1CCN(C(=O)OC2CCN(C(=O)OC(C)(C)C)CC2)CC1. The third-order valence-electron chi connectivity index (χ3n) is 4.66. The standard InChI is InChI=1S/C18H33N3O4/c1-14(2)19-10-12-21(13-11-19)16(22)24-15-6-8-20(9-7-15)17(23)25-18(3,4)5/h14-15H,6-13H2,1-5H3. The molecular weight excluding hydrogens is 322 g/mol. The molecule has 0 saturated carbocycles. The Hall–Kier alpha value is -1.50. The summed E-state index contributed by atoms with van der Waals surface area (Å²) in [7, 11) is 0. The summed E-state index contributed by atoms with van der Waals surface area (Å²) in [5.74, 6) is 0. The van der Waals surface area contributed by atoms with E-state index in [1.807, 2.05) is 20.8 Å². The van der Waals surface area contributed by atoms with Crippen LogP contribution in [-0.2, 0) is 9.47 Å². The molecule has 0 bridgehead atoms. The number of carbonyl (C=O) groups excluding carboxylic acids is 2. The van der Waals surface area contributed by atoms with Crippen molar-refractivity contribution in [2.45, 2.75) is 65.2 Å². The molecule has 7 heteroatoms. The van der Waals surface area contributed by atoms with Crippen LogP contribution in [0.1, 0.15) is 47.5 Å². The summed E-state index contributed by atoms with van der Waals surface area (Å²) in [6.45, 7) is 14.3. The van der Waals surface area contributed by atoms with Gasteiger partial charge in [0.05, 0.1) is 0 Å². The number of carbonyl (C=O) groups is 2. The monoisotopic (exact) mass is 355 g/mol. The Bertz CT molecular complexity index is 459. The van der Waals surface area contributed by atoms with Gasteiger partial charge >= 0.3 is 12.2 Å². The highest BCUT2D eigenvalue weighted by Crippen LogP contribution is 2.18.